The highest BCUT2D eigenvalue weighted by Gasteiger charge is 2.28. The number of halogens is 1. The van der Waals surface area contributed by atoms with Crippen molar-refractivity contribution >= 4 is 33.5 Å². The zero-order valence-electron chi connectivity index (χ0n) is 21.4. The number of hydrogen-bond donors (Lipinski definition) is 1. The number of aromatic nitrogens is 2. The van der Waals surface area contributed by atoms with Gasteiger partial charge in [-0.1, -0.05) is 29.8 Å². The van der Waals surface area contributed by atoms with Gasteiger partial charge in [-0.2, -0.15) is 4.31 Å². The summed E-state index contributed by atoms with van der Waals surface area (Å²) < 4.78 is 40.4. The quantitative estimate of drug-likeness (QED) is 0.231. The van der Waals surface area contributed by atoms with Gasteiger partial charge in [0.15, 0.2) is 0 Å². The van der Waals surface area contributed by atoms with Crippen molar-refractivity contribution < 1.29 is 22.4 Å². The molecule has 0 radical (unpaired) electrons. The Balaban J connectivity index is 1.45. The number of hydrogen-bond acceptors (Lipinski definition) is 6. The van der Waals surface area contributed by atoms with Gasteiger partial charge in [0.25, 0.3) is 0 Å². The minimum atomic E-state index is -4.07. The predicted molar refractivity (Wildman–Crippen MR) is 152 cm³/mol. The monoisotopic (exact) mass is 576 g/mol. The van der Waals surface area contributed by atoms with Gasteiger partial charge in [-0.25, -0.2) is 13.4 Å². The fourth-order valence-electron chi connectivity index (χ4n) is 4.04. The zero-order valence-corrected chi connectivity index (χ0v) is 23.0. The van der Waals surface area contributed by atoms with Crippen LogP contribution in [0.1, 0.15) is 5.76 Å². The van der Waals surface area contributed by atoms with Gasteiger partial charge in [0.05, 0.1) is 37.1 Å². The van der Waals surface area contributed by atoms with Crippen molar-refractivity contribution in [3.05, 3.63) is 114 Å². The summed E-state index contributed by atoms with van der Waals surface area (Å²) >= 11 is 5.95. The van der Waals surface area contributed by atoms with Crippen molar-refractivity contribution in [2.24, 2.45) is 0 Å². The minimum Gasteiger partial charge on any atom is -0.497 e. The lowest BCUT2D eigenvalue weighted by Gasteiger charge is -2.21. The van der Waals surface area contributed by atoms with E-state index in [1.165, 1.54) is 30.5 Å². The van der Waals surface area contributed by atoms with E-state index in [2.05, 4.69) is 10.3 Å². The third-order valence-electron chi connectivity index (χ3n) is 6.06. The molecule has 3 aromatic carbocycles. The van der Waals surface area contributed by atoms with Gasteiger partial charge in [0, 0.05) is 22.5 Å². The summed E-state index contributed by atoms with van der Waals surface area (Å²) in [5.41, 5.74) is 2.20. The molecular weight excluding hydrogens is 552 g/mol. The van der Waals surface area contributed by atoms with Gasteiger partial charge in [-0.3, -0.25) is 14.7 Å². The van der Waals surface area contributed by atoms with Crippen LogP contribution in [-0.2, 0) is 21.4 Å². The second-order valence-corrected chi connectivity index (χ2v) is 11.1. The number of rotatable bonds is 10. The number of nitrogens with zero attached hydrogens (tertiary/aromatic N) is 3. The zero-order chi connectivity index (χ0) is 28.1. The molecule has 0 saturated carbocycles. The number of amides is 1. The van der Waals surface area contributed by atoms with Crippen molar-refractivity contribution in [2.45, 2.75) is 11.4 Å². The number of nitrogens with one attached hydrogen (secondary N) is 1. The van der Waals surface area contributed by atoms with Crippen LogP contribution in [-0.4, -0.2) is 41.8 Å². The van der Waals surface area contributed by atoms with Crippen LogP contribution in [0.25, 0.3) is 16.9 Å². The molecule has 2 aromatic heterocycles. The predicted octanol–water partition coefficient (Wildman–Crippen LogP) is 5.62. The van der Waals surface area contributed by atoms with Gasteiger partial charge in [-0.05, 0) is 72.8 Å². The molecule has 0 saturated heterocycles. The van der Waals surface area contributed by atoms with Gasteiger partial charge in [0.2, 0.25) is 21.9 Å². The molecule has 0 atom stereocenters. The first-order valence-corrected chi connectivity index (χ1v) is 14.0. The smallest absolute Gasteiger partial charge is 0.243 e. The molecule has 0 spiro atoms. The first kappa shape index (κ1) is 27.2. The maximum atomic E-state index is 13.5. The Labute approximate surface area is 236 Å². The largest absolute Gasteiger partial charge is 0.497 e. The third kappa shape index (κ3) is 6.09. The first-order chi connectivity index (χ1) is 19.3. The third-order valence-corrected chi connectivity index (χ3v) is 8.12. The van der Waals surface area contributed by atoms with E-state index in [0.29, 0.717) is 22.2 Å². The molecule has 1 N–H and O–H groups in total. The van der Waals surface area contributed by atoms with Crippen LogP contribution in [0.3, 0.4) is 0 Å². The molecule has 5 aromatic rings. The molecule has 9 nitrogen and oxygen atoms in total. The fraction of sp³-hybridized carbons (Fsp3) is 0.103. The van der Waals surface area contributed by atoms with Crippen molar-refractivity contribution in [3.63, 3.8) is 0 Å². The van der Waals surface area contributed by atoms with E-state index in [1.807, 2.05) is 54.6 Å². The molecule has 0 aliphatic rings. The molecule has 2 heterocycles. The molecule has 0 unspecified atom stereocenters. The lowest BCUT2D eigenvalue weighted by atomic mass is 10.1. The van der Waals surface area contributed by atoms with Crippen LogP contribution in [0.4, 0.5) is 5.95 Å². The van der Waals surface area contributed by atoms with Crippen LogP contribution < -0.4 is 10.1 Å². The Morgan fingerprint density at radius 1 is 1.00 bits per heavy atom. The number of para-hydroxylation sites is 1. The van der Waals surface area contributed by atoms with E-state index in [9.17, 15) is 13.2 Å². The number of anilines is 1. The standard InChI is InChI=1S/C29H25ClN4O5S/c1-38-24-13-9-21(10-14-24)27-19-34(23-6-3-2-4-7-23)29(31-27)32-28(35)20-33(18-25-8-5-17-39-25)40(36,37)26-15-11-22(30)12-16-26/h2-17,19H,18,20H2,1H3,(H,31,32,35). The van der Waals surface area contributed by atoms with Crippen LogP contribution in [0.2, 0.25) is 5.02 Å². The molecular formula is C29H25ClN4O5S. The molecule has 0 fully saturated rings. The van der Waals surface area contributed by atoms with Gasteiger partial charge < -0.3 is 9.15 Å². The number of imidazole rings is 1. The molecule has 1 amide bonds. The van der Waals surface area contributed by atoms with Crippen LogP contribution >= 0.6 is 11.6 Å². The maximum absolute atomic E-state index is 13.5. The van der Waals surface area contributed by atoms with E-state index in [4.69, 9.17) is 20.8 Å². The number of furan rings is 1. The lowest BCUT2D eigenvalue weighted by molar-refractivity contribution is -0.116. The minimum absolute atomic E-state index is 0.00355. The van der Waals surface area contributed by atoms with E-state index < -0.39 is 22.5 Å². The average molecular weight is 577 g/mol. The number of carbonyl (C=O) groups is 1. The highest BCUT2D eigenvalue weighted by atomic mass is 35.5. The van der Waals surface area contributed by atoms with E-state index in [0.717, 1.165) is 15.6 Å². The van der Waals surface area contributed by atoms with Crippen molar-refractivity contribution in [3.8, 4) is 22.7 Å². The topological polar surface area (TPSA) is 107 Å². The number of sulfonamides is 1. The van der Waals surface area contributed by atoms with Crippen LogP contribution in [0.15, 0.2) is 113 Å². The normalized spacial score (nSPS) is 11.5. The SMILES string of the molecule is COc1ccc(-c2cn(-c3ccccc3)c(NC(=O)CN(Cc3ccco3)S(=O)(=O)c3ccc(Cl)cc3)n2)cc1. The highest BCUT2D eigenvalue weighted by molar-refractivity contribution is 7.89. The molecule has 0 bridgehead atoms. The number of ether oxygens (including phenoxy) is 1. The first-order valence-electron chi connectivity index (χ1n) is 12.2. The summed E-state index contributed by atoms with van der Waals surface area (Å²) in [4.78, 5) is 18.0. The van der Waals surface area contributed by atoms with Gasteiger partial charge in [-0.15, -0.1) is 0 Å². The molecule has 204 valence electrons. The van der Waals surface area contributed by atoms with E-state index in [-0.39, 0.29) is 17.4 Å². The van der Waals surface area contributed by atoms with Crippen LogP contribution in [0.5, 0.6) is 5.75 Å². The number of carbonyl (C=O) groups excluding carboxylic acids is 1. The lowest BCUT2D eigenvalue weighted by Crippen LogP contribution is -2.37. The number of benzene rings is 3. The Morgan fingerprint density at radius 2 is 1.73 bits per heavy atom. The van der Waals surface area contributed by atoms with Crippen molar-refractivity contribution in [2.75, 3.05) is 19.0 Å². The summed E-state index contributed by atoms with van der Waals surface area (Å²) in [5, 5.41) is 3.19. The second kappa shape index (κ2) is 11.8. The molecule has 0 aliphatic carbocycles. The van der Waals surface area contributed by atoms with Gasteiger partial charge >= 0.3 is 0 Å². The Bertz CT molecular complexity index is 1690. The Hall–Kier alpha value is -4.38. The second-order valence-electron chi connectivity index (χ2n) is 8.74. The summed E-state index contributed by atoms with van der Waals surface area (Å²) in [6.07, 6.45) is 3.25. The maximum Gasteiger partial charge on any atom is 0.243 e. The Kier molecular flexibility index (Phi) is 8.01. The summed E-state index contributed by atoms with van der Waals surface area (Å²) in [6.45, 7) is -0.624. The molecule has 11 heteroatoms. The molecule has 40 heavy (non-hydrogen) atoms. The van der Waals surface area contributed by atoms with Crippen molar-refractivity contribution in [1.29, 1.82) is 0 Å². The van der Waals surface area contributed by atoms with Gasteiger partial charge in [0.1, 0.15) is 11.5 Å². The molecule has 5 rings (SSSR count). The summed E-state index contributed by atoms with van der Waals surface area (Å²) in [6, 6.07) is 25.8. The van der Waals surface area contributed by atoms with Crippen molar-refractivity contribution in [1.82, 2.24) is 13.9 Å². The summed E-state index contributed by atoms with van der Waals surface area (Å²) in [5.74, 6) is 0.758. The van der Waals surface area contributed by atoms with E-state index >= 15 is 0 Å². The highest BCUT2D eigenvalue weighted by Crippen LogP contribution is 2.26. The molecule has 0 aliphatic heterocycles. The summed E-state index contributed by atoms with van der Waals surface area (Å²) in [7, 11) is -2.48. The Morgan fingerprint density at radius 3 is 2.38 bits per heavy atom. The van der Waals surface area contributed by atoms with Crippen LogP contribution in [0, 0.1) is 0 Å². The fourth-order valence-corrected chi connectivity index (χ4v) is 5.53. The number of methoxy groups -OCH3 is 1. The van der Waals surface area contributed by atoms with E-state index in [1.54, 1.807) is 30.0 Å². The average Bonchev–Trinajstić information content (AvgIpc) is 3.64.